The third kappa shape index (κ3) is 4.66. The Balaban J connectivity index is 1.57. The number of carbonyl (C=O) groups excluding carboxylic acids is 1. The van der Waals surface area contributed by atoms with Gasteiger partial charge >= 0.3 is 0 Å². The van der Waals surface area contributed by atoms with Gasteiger partial charge in [-0.15, -0.1) is 0 Å². The normalized spacial score (nSPS) is 11.0. The van der Waals surface area contributed by atoms with Crippen LogP contribution in [0.15, 0.2) is 66.1 Å². The first-order valence-corrected chi connectivity index (χ1v) is 10.9. The van der Waals surface area contributed by atoms with E-state index >= 15 is 0 Å². The van der Waals surface area contributed by atoms with E-state index < -0.39 is 0 Å². The summed E-state index contributed by atoms with van der Waals surface area (Å²) in [5.74, 6) is 0.602. The summed E-state index contributed by atoms with van der Waals surface area (Å²) in [5.41, 5.74) is 5.73. The second kappa shape index (κ2) is 8.90. The Labute approximate surface area is 184 Å². The number of thioether (sulfide) groups is 1. The predicted molar refractivity (Wildman–Crippen MR) is 123 cm³/mol. The zero-order valence-corrected chi connectivity index (χ0v) is 18.3. The molecule has 0 atom stereocenters. The van der Waals surface area contributed by atoms with Gasteiger partial charge in [0.2, 0.25) is 5.91 Å². The van der Waals surface area contributed by atoms with Gasteiger partial charge in [-0.1, -0.05) is 59.3 Å². The fourth-order valence-electron chi connectivity index (χ4n) is 3.22. The number of halogens is 1. The molecule has 30 heavy (non-hydrogen) atoms. The zero-order valence-electron chi connectivity index (χ0n) is 16.7. The molecule has 0 saturated carbocycles. The number of benzene rings is 2. The van der Waals surface area contributed by atoms with Crippen LogP contribution in [0.1, 0.15) is 16.7 Å². The number of aryl methyl sites for hydroxylation is 2. The lowest BCUT2D eigenvalue weighted by molar-refractivity contribution is -0.116. The topological polar surface area (TPSA) is 59.8 Å². The SMILES string of the molecule is Cc1cccc(CSc2nc3ccncc3n2CC(=O)Nc2ccc(C)cc2Cl)c1. The van der Waals surface area contributed by atoms with Crippen molar-refractivity contribution in [3.8, 4) is 0 Å². The fourth-order valence-corrected chi connectivity index (χ4v) is 4.45. The highest BCUT2D eigenvalue weighted by Crippen LogP contribution is 2.27. The molecule has 0 aliphatic carbocycles. The lowest BCUT2D eigenvalue weighted by Gasteiger charge is -2.11. The average Bonchev–Trinajstić information content (AvgIpc) is 3.06. The van der Waals surface area contributed by atoms with E-state index in [-0.39, 0.29) is 12.5 Å². The number of aromatic nitrogens is 3. The quantitative estimate of drug-likeness (QED) is 0.398. The number of imidazole rings is 1. The number of anilines is 1. The maximum atomic E-state index is 12.8. The molecule has 0 saturated heterocycles. The molecule has 0 fully saturated rings. The minimum absolute atomic E-state index is 0.128. The third-order valence-electron chi connectivity index (χ3n) is 4.67. The second-order valence-electron chi connectivity index (χ2n) is 7.15. The van der Waals surface area contributed by atoms with Crippen LogP contribution in [0.5, 0.6) is 0 Å². The minimum Gasteiger partial charge on any atom is -0.323 e. The molecule has 5 nitrogen and oxygen atoms in total. The van der Waals surface area contributed by atoms with E-state index in [0.717, 1.165) is 27.5 Å². The first kappa shape index (κ1) is 20.4. The standard InChI is InChI=1S/C23H21ClN4OS/c1-15-4-3-5-17(10-15)14-30-23-27-20-8-9-25-12-21(20)28(23)13-22(29)26-19-7-6-16(2)11-18(19)24/h3-12H,13-14H2,1-2H3,(H,26,29). The lowest BCUT2D eigenvalue weighted by atomic mass is 10.2. The molecule has 0 unspecified atom stereocenters. The largest absolute Gasteiger partial charge is 0.323 e. The van der Waals surface area contributed by atoms with Crippen LogP contribution >= 0.6 is 23.4 Å². The molecule has 2 aromatic heterocycles. The average molecular weight is 437 g/mol. The molecule has 1 amide bonds. The number of hydrogen-bond donors (Lipinski definition) is 1. The predicted octanol–water partition coefficient (Wildman–Crippen LogP) is 5.63. The van der Waals surface area contributed by atoms with E-state index in [2.05, 4.69) is 41.5 Å². The molecule has 0 radical (unpaired) electrons. The van der Waals surface area contributed by atoms with Crippen molar-refractivity contribution in [3.63, 3.8) is 0 Å². The van der Waals surface area contributed by atoms with E-state index in [0.29, 0.717) is 10.7 Å². The van der Waals surface area contributed by atoms with Crippen molar-refractivity contribution in [1.29, 1.82) is 0 Å². The van der Waals surface area contributed by atoms with Gasteiger partial charge in [-0.05, 0) is 43.2 Å². The van der Waals surface area contributed by atoms with Crippen molar-refractivity contribution in [2.45, 2.75) is 31.3 Å². The van der Waals surface area contributed by atoms with Gasteiger partial charge in [-0.2, -0.15) is 0 Å². The van der Waals surface area contributed by atoms with Crippen molar-refractivity contribution in [1.82, 2.24) is 14.5 Å². The monoisotopic (exact) mass is 436 g/mol. The summed E-state index contributed by atoms with van der Waals surface area (Å²) in [6.07, 6.45) is 3.45. The molecule has 152 valence electrons. The summed E-state index contributed by atoms with van der Waals surface area (Å²) >= 11 is 7.87. The minimum atomic E-state index is -0.165. The van der Waals surface area contributed by atoms with Crippen LogP contribution in [0.2, 0.25) is 5.02 Å². The molecule has 0 spiro atoms. The molecule has 4 aromatic rings. The van der Waals surface area contributed by atoms with Gasteiger partial charge in [0.25, 0.3) is 0 Å². The molecule has 4 rings (SSSR count). The fraction of sp³-hybridized carbons (Fsp3) is 0.174. The Morgan fingerprint density at radius 3 is 2.77 bits per heavy atom. The number of pyridine rings is 1. The molecule has 2 aromatic carbocycles. The lowest BCUT2D eigenvalue weighted by Crippen LogP contribution is -2.19. The number of nitrogens with zero attached hydrogens (tertiary/aromatic N) is 3. The van der Waals surface area contributed by atoms with Gasteiger partial charge in [0.15, 0.2) is 5.16 Å². The first-order valence-electron chi connectivity index (χ1n) is 9.54. The number of fused-ring (bicyclic) bond motifs is 1. The van der Waals surface area contributed by atoms with Gasteiger partial charge in [0, 0.05) is 11.9 Å². The van der Waals surface area contributed by atoms with Crippen LogP contribution in [0.3, 0.4) is 0 Å². The van der Waals surface area contributed by atoms with E-state index in [1.165, 1.54) is 11.1 Å². The molecular formula is C23H21ClN4OS. The van der Waals surface area contributed by atoms with Gasteiger partial charge < -0.3 is 9.88 Å². The van der Waals surface area contributed by atoms with E-state index in [1.54, 1.807) is 24.2 Å². The third-order valence-corrected chi connectivity index (χ3v) is 6.03. The summed E-state index contributed by atoms with van der Waals surface area (Å²) in [5, 5.41) is 4.20. The Bertz CT molecular complexity index is 1220. The molecule has 7 heteroatoms. The van der Waals surface area contributed by atoms with Crippen molar-refractivity contribution in [3.05, 3.63) is 82.6 Å². The smallest absolute Gasteiger partial charge is 0.244 e. The van der Waals surface area contributed by atoms with E-state index in [1.807, 2.05) is 35.8 Å². The van der Waals surface area contributed by atoms with Crippen LogP contribution in [-0.4, -0.2) is 20.4 Å². The Hall–Kier alpha value is -2.83. The Morgan fingerprint density at radius 1 is 1.13 bits per heavy atom. The van der Waals surface area contributed by atoms with Crippen LogP contribution < -0.4 is 5.32 Å². The van der Waals surface area contributed by atoms with E-state index in [9.17, 15) is 4.79 Å². The summed E-state index contributed by atoms with van der Waals surface area (Å²) in [4.78, 5) is 21.7. The number of amides is 1. The van der Waals surface area contributed by atoms with Gasteiger partial charge in [-0.25, -0.2) is 4.98 Å². The van der Waals surface area contributed by atoms with Crippen molar-refractivity contribution in [2.75, 3.05) is 5.32 Å². The highest BCUT2D eigenvalue weighted by molar-refractivity contribution is 7.98. The van der Waals surface area contributed by atoms with Gasteiger partial charge in [0.1, 0.15) is 6.54 Å². The first-order chi connectivity index (χ1) is 14.5. The van der Waals surface area contributed by atoms with Crippen molar-refractivity contribution in [2.24, 2.45) is 0 Å². The maximum Gasteiger partial charge on any atom is 0.244 e. The molecule has 0 aliphatic rings. The van der Waals surface area contributed by atoms with Crippen LogP contribution in [0, 0.1) is 13.8 Å². The maximum absolute atomic E-state index is 12.8. The van der Waals surface area contributed by atoms with Crippen LogP contribution in [0.25, 0.3) is 11.0 Å². The van der Waals surface area contributed by atoms with Crippen LogP contribution in [-0.2, 0) is 17.1 Å². The highest BCUT2D eigenvalue weighted by Gasteiger charge is 2.15. The van der Waals surface area contributed by atoms with E-state index in [4.69, 9.17) is 16.6 Å². The summed E-state index contributed by atoms with van der Waals surface area (Å²) in [6.45, 7) is 4.16. The number of rotatable bonds is 6. The molecule has 0 aliphatic heterocycles. The van der Waals surface area contributed by atoms with Crippen molar-refractivity contribution >= 4 is 46.0 Å². The Kier molecular flexibility index (Phi) is 6.06. The number of nitrogens with one attached hydrogen (secondary N) is 1. The summed E-state index contributed by atoms with van der Waals surface area (Å²) < 4.78 is 1.90. The Morgan fingerprint density at radius 2 is 1.97 bits per heavy atom. The molecule has 2 heterocycles. The van der Waals surface area contributed by atoms with Gasteiger partial charge in [0.05, 0.1) is 27.9 Å². The van der Waals surface area contributed by atoms with Gasteiger partial charge in [-0.3, -0.25) is 9.78 Å². The summed E-state index contributed by atoms with van der Waals surface area (Å²) in [6, 6.07) is 15.8. The second-order valence-corrected chi connectivity index (χ2v) is 8.50. The summed E-state index contributed by atoms with van der Waals surface area (Å²) in [7, 11) is 0. The molecule has 0 bridgehead atoms. The zero-order chi connectivity index (χ0) is 21.1. The number of hydrogen-bond acceptors (Lipinski definition) is 4. The molecular weight excluding hydrogens is 416 g/mol. The van der Waals surface area contributed by atoms with Crippen LogP contribution in [0.4, 0.5) is 5.69 Å². The highest BCUT2D eigenvalue weighted by atomic mass is 35.5. The number of carbonyl (C=O) groups is 1. The molecule has 1 N–H and O–H groups in total. The van der Waals surface area contributed by atoms with Crippen molar-refractivity contribution < 1.29 is 4.79 Å².